The number of halogens is 1. The van der Waals surface area contributed by atoms with Gasteiger partial charge in [0.25, 0.3) is 0 Å². The minimum Gasteiger partial charge on any atom is -0.495 e. The van der Waals surface area contributed by atoms with Gasteiger partial charge in [0, 0.05) is 11.1 Å². The predicted octanol–water partition coefficient (Wildman–Crippen LogP) is 4.15. The zero-order valence-electron chi connectivity index (χ0n) is 12.5. The van der Waals surface area contributed by atoms with Crippen LogP contribution in [0.15, 0.2) is 39.6 Å². The first-order valence-corrected chi connectivity index (χ1v) is 7.68. The summed E-state index contributed by atoms with van der Waals surface area (Å²) in [7, 11) is 3.30. The molecule has 0 aliphatic heterocycles. The van der Waals surface area contributed by atoms with Gasteiger partial charge in [-0.1, -0.05) is 6.92 Å². The number of hydrogen-bond acceptors (Lipinski definition) is 4. The van der Waals surface area contributed by atoms with Gasteiger partial charge in [-0.25, -0.2) is 0 Å². The molecule has 1 heterocycles. The third kappa shape index (κ3) is 3.41. The van der Waals surface area contributed by atoms with E-state index in [0.717, 1.165) is 40.1 Å². The Morgan fingerprint density at radius 1 is 1.24 bits per heavy atom. The molecular formula is C16H20BrNO3. The Hall–Kier alpha value is -1.46. The fourth-order valence-corrected chi connectivity index (χ4v) is 2.97. The summed E-state index contributed by atoms with van der Waals surface area (Å²) in [5.41, 5.74) is 2.11. The van der Waals surface area contributed by atoms with Crippen molar-refractivity contribution in [1.29, 1.82) is 0 Å². The van der Waals surface area contributed by atoms with Crippen molar-refractivity contribution in [2.24, 2.45) is 0 Å². The van der Waals surface area contributed by atoms with Crippen LogP contribution >= 0.6 is 15.9 Å². The number of methoxy groups -OCH3 is 2. The number of hydrogen-bond donors (Lipinski definition) is 1. The molecule has 1 atom stereocenters. The summed E-state index contributed by atoms with van der Waals surface area (Å²) in [5.74, 6) is 1.51. The summed E-state index contributed by atoms with van der Waals surface area (Å²) in [6.07, 6.45) is 4.49. The quantitative estimate of drug-likeness (QED) is 0.811. The van der Waals surface area contributed by atoms with E-state index in [0.29, 0.717) is 0 Å². The van der Waals surface area contributed by atoms with E-state index in [1.54, 1.807) is 26.7 Å². The molecule has 1 unspecified atom stereocenters. The number of rotatable bonds is 7. The van der Waals surface area contributed by atoms with Gasteiger partial charge >= 0.3 is 0 Å². The Labute approximate surface area is 133 Å². The van der Waals surface area contributed by atoms with Crippen LogP contribution in [-0.4, -0.2) is 20.8 Å². The summed E-state index contributed by atoms with van der Waals surface area (Å²) < 4.78 is 17.0. The Kier molecular flexibility index (Phi) is 5.70. The van der Waals surface area contributed by atoms with Crippen molar-refractivity contribution in [3.63, 3.8) is 0 Å². The Morgan fingerprint density at radius 3 is 2.62 bits per heavy atom. The minimum absolute atomic E-state index is 0.0147. The van der Waals surface area contributed by atoms with Crippen molar-refractivity contribution >= 4 is 15.9 Å². The number of nitrogens with one attached hydrogen (secondary N) is 1. The van der Waals surface area contributed by atoms with E-state index in [4.69, 9.17) is 13.9 Å². The van der Waals surface area contributed by atoms with Gasteiger partial charge in [-0.15, -0.1) is 0 Å². The molecule has 2 rings (SSSR count). The van der Waals surface area contributed by atoms with Crippen LogP contribution in [0.25, 0.3) is 0 Å². The van der Waals surface area contributed by atoms with Gasteiger partial charge < -0.3 is 19.2 Å². The molecule has 21 heavy (non-hydrogen) atoms. The van der Waals surface area contributed by atoms with Crippen molar-refractivity contribution in [3.8, 4) is 11.5 Å². The SMILES string of the molecule is CCCNC(c1ccoc1)c1ccc(OC)c(Br)c1OC. The first kappa shape index (κ1) is 15.9. The van der Waals surface area contributed by atoms with Gasteiger partial charge in [0.15, 0.2) is 0 Å². The van der Waals surface area contributed by atoms with Crippen LogP contribution < -0.4 is 14.8 Å². The molecule has 1 aromatic heterocycles. The van der Waals surface area contributed by atoms with E-state index in [1.807, 2.05) is 18.2 Å². The molecule has 5 heteroatoms. The molecular weight excluding hydrogens is 334 g/mol. The fourth-order valence-electron chi connectivity index (χ4n) is 2.28. The zero-order chi connectivity index (χ0) is 15.2. The molecule has 0 spiro atoms. The lowest BCUT2D eigenvalue weighted by atomic mass is 9.99. The number of furan rings is 1. The lowest BCUT2D eigenvalue weighted by Crippen LogP contribution is -2.23. The summed E-state index contributed by atoms with van der Waals surface area (Å²) in [4.78, 5) is 0. The van der Waals surface area contributed by atoms with Crippen LogP contribution in [0.1, 0.15) is 30.5 Å². The normalized spacial score (nSPS) is 12.2. The zero-order valence-corrected chi connectivity index (χ0v) is 14.1. The smallest absolute Gasteiger partial charge is 0.141 e. The van der Waals surface area contributed by atoms with Crippen molar-refractivity contribution in [3.05, 3.63) is 46.3 Å². The summed E-state index contributed by atoms with van der Waals surface area (Å²) in [5, 5.41) is 3.53. The molecule has 0 aliphatic rings. The monoisotopic (exact) mass is 353 g/mol. The topological polar surface area (TPSA) is 43.6 Å². The van der Waals surface area contributed by atoms with Crippen LogP contribution in [0.3, 0.4) is 0 Å². The van der Waals surface area contributed by atoms with Gasteiger partial charge in [-0.3, -0.25) is 0 Å². The van der Waals surface area contributed by atoms with E-state index < -0.39 is 0 Å². The summed E-state index contributed by atoms with van der Waals surface area (Å²) >= 11 is 3.55. The van der Waals surface area contributed by atoms with Gasteiger partial charge in [-0.05, 0) is 47.1 Å². The standard InChI is InChI=1S/C16H20BrNO3/c1-4-8-18-15(11-7-9-21-10-11)12-5-6-13(19-2)14(17)16(12)20-3/h5-7,9-10,15,18H,4,8H2,1-3H3. The van der Waals surface area contributed by atoms with Gasteiger partial charge in [-0.2, -0.15) is 0 Å². The van der Waals surface area contributed by atoms with Crippen molar-refractivity contribution in [2.75, 3.05) is 20.8 Å². The Bertz CT molecular complexity index is 569. The highest BCUT2D eigenvalue weighted by Gasteiger charge is 2.22. The molecule has 2 aromatic rings. The fraction of sp³-hybridized carbons (Fsp3) is 0.375. The van der Waals surface area contributed by atoms with E-state index in [1.165, 1.54) is 0 Å². The maximum atomic E-state index is 5.58. The van der Waals surface area contributed by atoms with Crippen LogP contribution in [0, 0.1) is 0 Å². The largest absolute Gasteiger partial charge is 0.495 e. The average molecular weight is 354 g/mol. The first-order chi connectivity index (χ1) is 10.2. The summed E-state index contributed by atoms with van der Waals surface area (Å²) in [6.45, 7) is 3.04. The second-order valence-corrected chi connectivity index (χ2v) is 5.44. The minimum atomic E-state index is 0.0147. The van der Waals surface area contributed by atoms with Crippen LogP contribution in [0.4, 0.5) is 0 Å². The second kappa shape index (κ2) is 7.52. The highest BCUT2D eigenvalue weighted by atomic mass is 79.9. The van der Waals surface area contributed by atoms with Gasteiger partial charge in [0.1, 0.15) is 16.0 Å². The lowest BCUT2D eigenvalue weighted by molar-refractivity contribution is 0.382. The molecule has 1 aromatic carbocycles. The van der Waals surface area contributed by atoms with E-state index >= 15 is 0 Å². The van der Waals surface area contributed by atoms with Crippen LogP contribution in [0.5, 0.6) is 11.5 Å². The van der Waals surface area contributed by atoms with Gasteiger partial charge in [0.2, 0.25) is 0 Å². The number of ether oxygens (including phenoxy) is 2. The maximum Gasteiger partial charge on any atom is 0.141 e. The molecule has 0 amide bonds. The van der Waals surface area contributed by atoms with Crippen molar-refractivity contribution in [1.82, 2.24) is 5.32 Å². The second-order valence-electron chi connectivity index (χ2n) is 4.65. The van der Waals surface area contributed by atoms with Crippen molar-refractivity contribution < 1.29 is 13.9 Å². The van der Waals surface area contributed by atoms with Crippen LogP contribution in [-0.2, 0) is 0 Å². The average Bonchev–Trinajstić information content (AvgIpc) is 3.02. The number of benzene rings is 1. The molecule has 1 N–H and O–H groups in total. The highest BCUT2D eigenvalue weighted by Crippen LogP contribution is 2.41. The molecule has 0 fully saturated rings. The maximum absolute atomic E-state index is 5.58. The molecule has 0 saturated heterocycles. The van der Waals surface area contributed by atoms with Gasteiger partial charge in [0.05, 0.1) is 32.8 Å². The lowest BCUT2D eigenvalue weighted by Gasteiger charge is -2.22. The third-order valence-corrected chi connectivity index (χ3v) is 4.05. The van der Waals surface area contributed by atoms with E-state index in [-0.39, 0.29) is 6.04 Å². The van der Waals surface area contributed by atoms with E-state index in [2.05, 4.69) is 28.2 Å². The van der Waals surface area contributed by atoms with Crippen molar-refractivity contribution in [2.45, 2.75) is 19.4 Å². The molecule has 0 bridgehead atoms. The molecule has 0 aliphatic carbocycles. The molecule has 4 nitrogen and oxygen atoms in total. The molecule has 114 valence electrons. The molecule has 0 radical (unpaired) electrons. The highest BCUT2D eigenvalue weighted by molar-refractivity contribution is 9.10. The first-order valence-electron chi connectivity index (χ1n) is 6.88. The van der Waals surface area contributed by atoms with Crippen LogP contribution in [0.2, 0.25) is 0 Å². The van der Waals surface area contributed by atoms with E-state index in [9.17, 15) is 0 Å². The summed E-state index contributed by atoms with van der Waals surface area (Å²) in [6, 6.07) is 5.93. The predicted molar refractivity (Wildman–Crippen MR) is 86.1 cm³/mol. The Balaban J connectivity index is 2.46. The third-order valence-electron chi connectivity index (χ3n) is 3.30. The Morgan fingerprint density at radius 2 is 2.05 bits per heavy atom. The molecule has 0 saturated carbocycles.